The maximum atomic E-state index is 12.3. The van der Waals surface area contributed by atoms with Crippen molar-refractivity contribution < 1.29 is 4.79 Å². The van der Waals surface area contributed by atoms with Crippen molar-refractivity contribution in [2.45, 2.75) is 45.4 Å². The summed E-state index contributed by atoms with van der Waals surface area (Å²) in [5.74, 6) is 2.57. The highest BCUT2D eigenvalue weighted by atomic mass is 16.2. The molecule has 0 aromatic carbocycles. The number of hydrogen-bond donors (Lipinski definition) is 1. The SMILES string of the molecule is CC(C)c1cc(NCC2CCCN(C(=O)C3CC3)C2)n2nccc2n1. The van der Waals surface area contributed by atoms with E-state index in [1.54, 1.807) is 6.20 Å². The van der Waals surface area contributed by atoms with Gasteiger partial charge in [0.15, 0.2) is 5.65 Å². The van der Waals surface area contributed by atoms with Crippen molar-refractivity contribution in [3.63, 3.8) is 0 Å². The predicted molar refractivity (Wildman–Crippen MR) is 97.6 cm³/mol. The highest BCUT2D eigenvalue weighted by Crippen LogP contribution is 2.32. The summed E-state index contributed by atoms with van der Waals surface area (Å²) in [5.41, 5.74) is 1.95. The second-order valence-corrected chi connectivity index (χ2v) is 7.77. The number of nitrogens with zero attached hydrogens (tertiary/aromatic N) is 4. The van der Waals surface area contributed by atoms with Gasteiger partial charge in [0, 0.05) is 43.4 Å². The highest BCUT2D eigenvalue weighted by molar-refractivity contribution is 5.81. The molecular formula is C19H27N5O. The van der Waals surface area contributed by atoms with Gasteiger partial charge < -0.3 is 10.2 Å². The summed E-state index contributed by atoms with van der Waals surface area (Å²) in [6, 6.07) is 4.04. The van der Waals surface area contributed by atoms with E-state index in [2.05, 4.69) is 40.2 Å². The van der Waals surface area contributed by atoms with Gasteiger partial charge in [-0.3, -0.25) is 4.79 Å². The normalized spacial score (nSPS) is 21.1. The monoisotopic (exact) mass is 341 g/mol. The average Bonchev–Trinajstić information content (AvgIpc) is 3.36. The Hall–Kier alpha value is -2.11. The third kappa shape index (κ3) is 3.48. The molecule has 0 bridgehead atoms. The zero-order valence-electron chi connectivity index (χ0n) is 15.1. The van der Waals surface area contributed by atoms with Gasteiger partial charge in [-0.25, -0.2) is 4.98 Å². The Kier molecular flexibility index (Phi) is 4.36. The van der Waals surface area contributed by atoms with Crippen LogP contribution in [0.3, 0.4) is 0 Å². The Morgan fingerprint density at radius 1 is 1.36 bits per heavy atom. The number of piperidine rings is 1. The Labute approximate surface area is 148 Å². The second kappa shape index (κ2) is 6.65. The lowest BCUT2D eigenvalue weighted by Crippen LogP contribution is -2.42. The van der Waals surface area contributed by atoms with Gasteiger partial charge >= 0.3 is 0 Å². The van der Waals surface area contributed by atoms with Crippen molar-refractivity contribution >= 4 is 17.4 Å². The van der Waals surface area contributed by atoms with E-state index in [4.69, 9.17) is 0 Å². The lowest BCUT2D eigenvalue weighted by atomic mass is 9.97. The summed E-state index contributed by atoms with van der Waals surface area (Å²) in [5, 5.41) is 7.95. The quantitative estimate of drug-likeness (QED) is 0.908. The number of fused-ring (bicyclic) bond motifs is 1. The van der Waals surface area contributed by atoms with E-state index < -0.39 is 0 Å². The molecule has 1 saturated carbocycles. The van der Waals surface area contributed by atoms with E-state index in [9.17, 15) is 4.79 Å². The number of likely N-dealkylation sites (tertiary alicyclic amines) is 1. The zero-order chi connectivity index (χ0) is 17.4. The van der Waals surface area contributed by atoms with Gasteiger partial charge in [0.05, 0.1) is 6.20 Å². The fourth-order valence-corrected chi connectivity index (χ4v) is 3.62. The molecule has 4 rings (SSSR count). The van der Waals surface area contributed by atoms with Crippen LogP contribution in [-0.2, 0) is 4.79 Å². The number of hydrogen-bond acceptors (Lipinski definition) is 4. The number of aromatic nitrogens is 3. The number of rotatable bonds is 5. The first-order valence-corrected chi connectivity index (χ1v) is 9.49. The predicted octanol–water partition coefficient (Wildman–Crippen LogP) is 2.91. The van der Waals surface area contributed by atoms with E-state index in [0.717, 1.165) is 56.1 Å². The van der Waals surface area contributed by atoms with E-state index in [0.29, 0.717) is 23.7 Å². The molecule has 1 saturated heterocycles. The molecule has 2 aromatic heterocycles. The molecule has 1 N–H and O–H groups in total. The summed E-state index contributed by atoms with van der Waals surface area (Å²) < 4.78 is 1.86. The number of carbonyl (C=O) groups is 1. The smallest absolute Gasteiger partial charge is 0.225 e. The second-order valence-electron chi connectivity index (χ2n) is 7.77. The topological polar surface area (TPSA) is 62.5 Å². The Morgan fingerprint density at radius 3 is 2.96 bits per heavy atom. The van der Waals surface area contributed by atoms with Gasteiger partial charge in [0.25, 0.3) is 0 Å². The van der Waals surface area contributed by atoms with E-state index in [1.807, 2.05) is 10.6 Å². The van der Waals surface area contributed by atoms with Gasteiger partial charge in [-0.2, -0.15) is 9.61 Å². The molecule has 0 radical (unpaired) electrons. The van der Waals surface area contributed by atoms with E-state index in [-0.39, 0.29) is 0 Å². The van der Waals surface area contributed by atoms with Crippen LogP contribution in [0.2, 0.25) is 0 Å². The molecule has 1 aliphatic heterocycles. The first-order valence-electron chi connectivity index (χ1n) is 9.49. The van der Waals surface area contributed by atoms with Crippen LogP contribution in [0, 0.1) is 11.8 Å². The molecule has 134 valence electrons. The Morgan fingerprint density at radius 2 is 2.20 bits per heavy atom. The van der Waals surface area contributed by atoms with Crippen molar-refractivity contribution in [3.8, 4) is 0 Å². The van der Waals surface area contributed by atoms with Gasteiger partial charge in [-0.15, -0.1) is 0 Å². The molecule has 6 heteroatoms. The minimum absolute atomic E-state index is 0.323. The van der Waals surface area contributed by atoms with Crippen LogP contribution < -0.4 is 5.32 Å². The molecule has 25 heavy (non-hydrogen) atoms. The number of carbonyl (C=O) groups excluding carboxylic acids is 1. The van der Waals surface area contributed by atoms with Gasteiger partial charge in [-0.1, -0.05) is 13.8 Å². The van der Waals surface area contributed by atoms with Crippen molar-refractivity contribution in [2.24, 2.45) is 11.8 Å². The van der Waals surface area contributed by atoms with Crippen LogP contribution in [0.15, 0.2) is 18.3 Å². The largest absolute Gasteiger partial charge is 0.370 e. The minimum atomic E-state index is 0.323. The fourth-order valence-electron chi connectivity index (χ4n) is 3.62. The molecule has 1 amide bonds. The average molecular weight is 341 g/mol. The first-order chi connectivity index (χ1) is 12.1. The van der Waals surface area contributed by atoms with Crippen LogP contribution in [0.1, 0.15) is 51.1 Å². The van der Waals surface area contributed by atoms with Crippen molar-refractivity contribution in [3.05, 3.63) is 24.0 Å². The van der Waals surface area contributed by atoms with E-state index in [1.165, 1.54) is 6.42 Å². The van der Waals surface area contributed by atoms with Gasteiger partial charge in [0.2, 0.25) is 5.91 Å². The molecule has 2 aliphatic rings. The molecule has 6 nitrogen and oxygen atoms in total. The maximum absolute atomic E-state index is 12.3. The maximum Gasteiger partial charge on any atom is 0.225 e. The van der Waals surface area contributed by atoms with Crippen LogP contribution in [-0.4, -0.2) is 45.0 Å². The number of nitrogens with one attached hydrogen (secondary N) is 1. The van der Waals surface area contributed by atoms with Crippen molar-refractivity contribution in [2.75, 3.05) is 25.0 Å². The minimum Gasteiger partial charge on any atom is -0.370 e. The lowest BCUT2D eigenvalue weighted by Gasteiger charge is -2.33. The third-order valence-corrected chi connectivity index (χ3v) is 5.30. The molecule has 0 spiro atoms. The summed E-state index contributed by atoms with van der Waals surface area (Å²) in [6.45, 7) is 6.99. The molecule has 1 unspecified atom stereocenters. The summed E-state index contributed by atoms with van der Waals surface area (Å²) in [7, 11) is 0. The van der Waals surface area contributed by atoms with Crippen molar-refractivity contribution in [1.82, 2.24) is 19.5 Å². The summed E-state index contributed by atoms with van der Waals surface area (Å²) >= 11 is 0. The summed E-state index contributed by atoms with van der Waals surface area (Å²) in [6.07, 6.45) is 6.24. The summed E-state index contributed by atoms with van der Waals surface area (Å²) in [4.78, 5) is 19.1. The lowest BCUT2D eigenvalue weighted by molar-refractivity contribution is -0.134. The first kappa shape index (κ1) is 16.4. The molecule has 2 fully saturated rings. The van der Waals surface area contributed by atoms with Crippen LogP contribution in [0.4, 0.5) is 5.82 Å². The molecule has 3 heterocycles. The highest BCUT2D eigenvalue weighted by Gasteiger charge is 2.35. The Balaban J connectivity index is 1.44. The van der Waals surface area contributed by atoms with Gasteiger partial charge in [-0.05, 0) is 37.5 Å². The zero-order valence-corrected chi connectivity index (χ0v) is 15.1. The van der Waals surface area contributed by atoms with Crippen LogP contribution >= 0.6 is 0 Å². The number of amides is 1. The van der Waals surface area contributed by atoms with Crippen LogP contribution in [0.25, 0.3) is 5.65 Å². The van der Waals surface area contributed by atoms with Crippen molar-refractivity contribution in [1.29, 1.82) is 0 Å². The Bertz CT molecular complexity index is 764. The van der Waals surface area contributed by atoms with Crippen LogP contribution in [0.5, 0.6) is 0 Å². The standard InChI is InChI=1S/C19H27N5O/c1-13(2)16-10-18(24-17(22-16)7-8-21-24)20-11-14-4-3-9-23(12-14)19(25)15-5-6-15/h7-8,10,13-15,20H,3-6,9,11-12H2,1-2H3. The van der Waals surface area contributed by atoms with Gasteiger partial charge in [0.1, 0.15) is 5.82 Å². The molecule has 2 aromatic rings. The third-order valence-electron chi connectivity index (χ3n) is 5.30. The van der Waals surface area contributed by atoms with E-state index >= 15 is 0 Å². The molecule has 1 atom stereocenters. The molecule has 1 aliphatic carbocycles. The fraction of sp³-hybridized carbons (Fsp3) is 0.632. The number of anilines is 1. The molecular weight excluding hydrogens is 314 g/mol.